The van der Waals surface area contributed by atoms with Gasteiger partial charge in [-0.3, -0.25) is 9.10 Å². The fourth-order valence-corrected chi connectivity index (χ4v) is 5.31. The van der Waals surface area contributed by atoms with Gasteiger partial charge in [0.05, 0.1) is 10.6 Å². The summed E-state index contributed by atoms with van der Waals surface area (Å²) in [7, 11) is -3.84. The molecule has 0 atom stereocenters. The SMILES string of the molecule is O=C(CN1c2cccc3cccc(c23)S1(=O)=O)Nc1ccc(-n2cccn2)c(F)c1. The first-order chi connectivity index (χ1) is 14.4. The van der Waals surface area contributed by atoms with Crippen LogP contribution in [0.15, 0.2) is 78.0 Å². The molecule has 0 aliphatic carbocycles. The minimum atomic E-state index is -3.84. The van der Waals surface area contributed by atoms with Crippen molar-refractivity contribution in [3.8, 4) is 5.69 Å². The van der Waals surface area contributed by atoms with Gasteiger partial charge in [0.2, 0.25) is 5.91 Å². The molecule has 150 valence electrons. The van der Waals surface area contributed by atoms with Crippen molar-refractivity contribution in [2.75, 3.05) is 16.2 Å². The minimum Gasteiger partial charge on any atom is -0.324 e. The van der Waals surface area contributed by atoms with Gasteiger partial charge in [-0.05, 0) is 41.8 Å². The first kappa shape index (κ1) is 18.3. The Bertz CT molecular complexity index is 1400. The fraction of sp³-hybridized carbons (Fsp3) is 0.0476. The number of hydrogen-bond donors (Lipinski definition) is 1. The van der Waals surface area contributed by atoms with Gasteiger partial charge < -0.3 is 5.32 Å². The summed E-state index contributed by atoms with van der Waals surface area (Å²) >= 11 is 0. The molecule has 0 radical (unpaired) electrons. The van der Waals surface area contributed by atoms with Gasteiger partial charge in [-0.2, -0.15) is 5.10 Å². The summed E-state index contributed by atoms with van der Waals surface area (Å²) in [6.45, 7) is -0.418. The summed E-state index contributed by atoms with van der Waals surface area (Å²) in [6, 6.07) is 16.1. The lowest BCUT2D eigenvalue weighted by atomic mass is 10.1. The molecule has 1 aromatic heterocycles. The quantitative estimate of drug-likeness (QED) is 0.547. The smallest absolute Gasteiger partial charge is 0.265 e. The highest BCUT2D eigenvalue weighted by molar-refractivity contribution is 7.93. The van der Waals surface area contributed by atoms with E-state index in [9.17, 15) is 17.6 Å². The number of hydrogen-bond acceptors (Lipinski definition) is 4. The standard InChI is InChI=1S/C21H15FN4O3S/c22-16-12-15(8-9-17(16)25-11-3-10-23-25)24-20(27)13-26-18-6-1-4-14-5-2-7-19(21(14)18)30(26,28)29/h1-12H,13H2,(H,24,27). The third kappa shape index (κ3) is 2.82. The molecule has 5 rings (SSSR count). The summed E-state index contributed by atoms with van der Waals surface area (Å²) in [5.74, 6) is -1.14. The number of benzene rings is 3. The van der Waals surface area contributed by atoms with E-state index in [1.54, 1.807) is 30.5 Å². The minimum absolute atomic E-state index is 0.179. The zero-order valence-corrected chi connectivity index (χ0v) is 16.3. The highest BCUT2D eigenvalue weighted by Crippen LogP contribution is 2.41. The van der Waals surface area contributed by atoms with Crippen molar-refractivity contribution in [3.05, 3.63) is 78.9 Å². The van der Waals surface area contributed by atoms with Gasteiger partial charge in [0.15, 0.2) is 5.82 Å². The molecule has 1 amide bonds. The van der Waals surface area contributed by atoms with Crippen LogP contribution in [0.2, 0.25) is 0 Å². The average Bonchev–Trinajstić information content (AvgIpc) is 3.32. The largest absolute Gasteiger partial charge is 0.324 e. The lowest BCUT2D eigenvalue weighted by Gasteiger charge is -2.18. The third-order valence-corrected chi connectivity index (χ3v) is 6.75. The second-order valence-electron chi connectivity index (χ2n) is 6.81. The van der Waals surface area contributed by atoms with Crippen LogP contribution in [0.5, 0.6) is 0 Å². The van der Waals surface area contributed by atoms with Gasteiger partial charge in [0, 0.05) is 23.5 Å². The number of nitrogens with one attached hydrogen (secondary N) is 1. The molecule has 0 bridgehead atoms. The van der Waals surface area contributed by atoms with E-state index in [2.05, 4.69) is 10.4 Å². The number of rotatable bonds is 4. The topological polar surface area (TPSA) is 84.3 Å². The maximum absolute atomic E-state index is 14.4. The molecule has 1 aliphatic rings. The molecule has 4 aromatic rings. The Labute approximate surface area is 171 Å². The van der Waals surface area contributed by atoms with E-state index in [4.69, 9.17) is 0 Å². The van der Waals surface area contributed by atoms with Crippen LogP contribution in [0, 0.1) is 5.82 Å². The van der Waals surface area contributed by atoms with Crippen LogP contribution in [-0.4, -0.2) is 30.7 Å². The summed E-state index contributed by atoms with van der Waals surface area (Å²) in [5.41, 5.74) is 0.918. The number of sulfonamides is 1. The van der Waals surface area contributed by atoms with E-state index in [-0.39, 0.29) is 16.3 Å². The van der Waals surface area contributed by atoms with Gasteiger partial charge in [-0.25, -0.2) is 17.5 Å². The fourth-order valence-electron chi connectivity index (χ4n) is 3.64. The number of halogens is 1. The van der Waals surface area contributed by atoms with Gasteiger partial charge in [0.1, 0.15) is 12.2 Å². The molecule has 0 spiro atoms. The van der Waals surface area contributed by atoms with Crippen molar-refractivity contribution in [3.63, 3.8) is 0 Å². The molecule has 7 nitrogen and oxygen atoms in total. The molecular formula is C21H15FN4O3S. The first-order valence-electron chi connectivity index (χ1n) is 9.09. The Balaban J connectivity index is 1.40. The summed E-state index contributed by atoms with van der Waals surface area (Å²) in [4.78, 5) is 12.8. The lowest BCUT2D eigenvalue weighted by molar-refractivity contribution is -0.114. The zero-order chi connectivity index (χ0) is 20.9. The van der Waals surface area contributed by atoms with Crippen LogP contribution in [0.1, 0.15) is 0 Å². The highest BCUT2D eigenvalue weighted by atomic mass is 32.2. The molecule has 2 heterocycles. The first-order valence-corrected chi connectivity index (χ1v) is 10.5. The second-order valence-corrected chi connectivity index (χ2v) is 8.64. The number of amides is 1. The molecule has 0 unspecified atom stereocenters. The molecule has 0 saturated carbocycles. The molecule has 9 heteroatoms. The van der Waals surface area contributed by atoms with Gasteiger partial charge in [0.25, 0.3) is 10.0 Å². The molecule has 0 fully saturated rings. The van der Waals surface area contributed by atoms with Crippen molar-refractivity contribution in [2.45, 2.75) is 4.90 Å². The number of anilines is 2. The Morgan fingerprint density at radius 2 is 1.83 bits per heavy atom. The van der Waals surface area contributed by atoms with E-state index in [0.29, 0.717) is 11.1 Å². The van der Waals surface area contributed by atoms with Crippen LogP contribution in [0.4, 0.5) is 15.8 Å². The normalized spacial score (nSPS) is 14.2. The van der Waals surface area contributed by atoms with Crippen LogP contribution in [0.25, 0.3) is 16.5 Å². The summed E-state index contributed by atoms with van der Waals surface area (Å²) < 4.78 is 42.8. The van der Waals surface area contributed by atoms with Crippen LogP contribution >= 0.6 is 0 Å². The van der Waals surface area contributed by atoms with Crippen molar-refractivity contribution in [1.29, 1.82) is 0 Å². The maximum Gasteiger partial charge on any atom is 0.265 e. The number of carbonyl (C=O) groups is 1. The van der Waals surface area contributed by atoms with Gasteiger partial charge in [-0.1, -0.05) is 24.3 Å². The van der Waals surface area contributed by atoms with Crippen molar-refractivity contribution in [2.24, 2.45) is 0 Å². The van der Waals surface area contributed by atoms with E-state index in [1.165, 1.54) is 35.1 Å². The van der Waals surface area contributed by atoms with Crippen LogP contribution in [0.3, 0.4) is 0 Å². The molecule has 3 aromatic carbocycles. The number of nitrogens with zero attached hydrogens (tertiary/aromatic N) is 3. The Hall–Kier alpha value is -3.72. The average molecular weight is 422 g/mol. The van der Waals surface area contributed by atoms with E-state index in [1.807, 2.05) is 12.1 Å². The van der Waals surface area contributed by atoms with Crippen LogP contribution in [-0.2, 0) is 14.8 Å². The van der Waals surface area contributed by atoms with Gasteiger partial charge >= 0.3 is 0 Å². The monoisotopic (exact) mass is 422 g/mol. The summed E-state index contributed by atoms with van der Waals surface area (Å²) in [6.07, 6.45) is 3.14. The van der Waals surface area contributed by atoms with E-state index < -0.39 is 28.3 Å². The van der Waals surface area contributed by atoms with Crippen LogP contribution < -0.4 is 9.62 Å². The molecular weight excluding hydrogens is 407 g/mol. The van der Waals surface area contributed by atoms with Crippen molar-refractivity contribution < 1.29 is 17.6 Å². The van der Waals surface area contributed by atoms with E-state index >= 15 is 0 Å². The van der Waals surface area contributed by atoms with Crippen molar-refractivity contribution in [1.82, 2.24) is 9.78 Å². The molecule has 1 aliphatic heterocycles. The Morgan fingerprint density at radius 3 is 2.57 bits per heavy atom. The highest BCUT2D eigenvalue weighted by Gasteiger charge is 2.36. The Kier molecular flexibility index (Phi) is 4.07. The second kappa shape index (κ2) is 6.67. The predicted octanol–water partition coefficient (Wildman–Crippen LogP) is 3.31. The van der Waals surface area contributed by atoms with Gasteiger partial charge in [-0.15, -0.1) is 0 Å². The van der Waals surface area contributed by atoms with Crippen molar-refractivity contribution >= 4 is 38.1 Å². The number of carbonyl (C=O) groups excluding carboxylic acids is 1. The van der Waals surface area contributed by atoms with E-state index in [0.717, 1.165) is 9.69 Å². The lowest BCUT2D eigenvalue weighted by Crippen LogP contribution is -2.35. The molecule has 0 saturated heterocycles. The zero-order valence-electron chi connectivity index (χ0n) is 15.5. The predicted molar refractivity (Wildman–Crippen MR) is 111 cm³/mol. The summed E-state index contributed by atoms with van der Waals surface area (Å²) in [5, 5.41) is 7.93. The number of aromatic nitrogens is 2. The maximum atomic E-state index is 14.4. The molecule has 1 N–H and O–H groups in total. The Morgan fingerprint density at radius 1 is 1.03 bits per heavy atom. The third-order valence-electron chi connectivity index (χ3n) is 4.95. The molecule has 30 heavy (non-hydrogen) atoms.